The molecule has 8 heteroatoms. The lowest BCUT2D eigenvalue weighted by Gasteiger charge is -2.11. The van der Waals surface area contributed by atoms with E-state index in [1.54, 1.807) is 36.4 Å². The van der Waals surface area contributed by atoms with Crippen LogP contribution in [0.25, 0.3) is 0 Å². The van der Waals surface area contributed by atoms with Crippen molar-refractivity contribution in [1.29, 1.82) is 0 Å². The highest BCUT2D eigenvalue weighted by Crippen LogP contribution is 2.27. The topological polar surface area (TPSA) is 85.9 Å². The van der Waals surface area contributed by atoms with Crippen LogP contribution in [0, 0.1) is 0 Å². The number of nitrogens with one attached hydrogen (secondary N) is 2. The van der Waals surface area contributed by atoms with Crippen LogP contribution in [0.3, 0.4) is 0 Å². The van der Waals surface area contributed by atoms with Crippen LogP contribution < -0.4 is 25.1 Å². The third-order valence-corrected chi connectivity index (χ3v) is 3.47. The summed E-state index contributed by atoms with van der Waals surface area (Å²) in [5.41, 5.74) is 4.84. The maximum Gasteiger partial charge on any atom is 0.276 e. The Balaban J connectivity index is 1.87. The Labute approximate surface area is 149 Å². The number of hydrogen-bond acceptors (Lipinski definition) is 5. The first kappa shape index (κ1) is 18.4. The van der Waals surface area contributed by atoms with Gasteiger partial charge < -0.3 is 14.2 Å². The fraction of sp³-hybridized carbons (Fsp3) is 0.176. The quantitative estimate of drug-likeness (QED) is 0.767. The van der Waals surface area contributed by atoms with Crippen molar-refractivity contribution in [2.45, 2.75) is 0 Å². The zero-order valence-corrected chi connectivity index (χ0v) is 14.4. The molecule has 0 saturated heterocycles. The van der Waals surface area contributed by atoms with Gasteiger partial charge in [0.15, 0.2) is 18.1 Å². The Bertz CT molecular complexity index is 766. The Morgan fingerprint density at radius 1 is 0.960 bits per heavy atom. The van der Waals surface area contributed by atoms with Crippen LogP contribution in [-0.2, 0) is 4.79 Å². The van der Waals surface area contributed by atoms with Crippen molar-refractivity contribution in [3.63, 3.8) is 0 Å². The largest absolute Gasteiger partial charge is 0.493 e. The van der Waals surface area contributed by atoms with Gasteiger partial charge in [0, 0.05) is 5.56 Å². The van der Waals surface area contributed by atoms with Gasteiger partial charge in [-0.25, -0.2) is 0 Å². The number of carbonyl (C=O) groups is 2. The van der Waals surface area contributed by atoms with Gasteiger partial charge in [-0.2, -0.15) is 0 Å². The zero-order chi connectivity index (χ0) is 18.2. The van der Waals surface area contributed by atoms with E-state index >= 15 is 0 Å². The van der Waals surface area contributed by atoms with Crippen LogP contribution >= 0.6 is 11.6 Å². The van der Waals surface area contributed by atoms with Crippen LogP contribution in [0.4, 0.5) is 0 Å². The molecule has 2 rings (SSSR count). The predicted molar refractivity (Wildman–Crippen MR) is 92.1 cm³/mol. The van der Waals surface area contributed by atoms with Gasteiger partial charge >= 0.3 is 0 Å². The molecule has 0 heterocycles. The molecule has 0 atom stereocenters. The Hall–Kier alpha value is -2.93. The summed E-state index contributed by atoms with van der Waals surface area (Å²) in [6.45, 7) is -0.296. The van der Waals surface area contributed by atoms with E-state index in [0.717, 1.165) is 0 Å². The number of ether oxygens (including phenoxy) is 3. The molecule has 0 fully saturated rings. The maximum absolute atomic E-state index is 12.1. The molecule has 2 amide bonds. The molecule has 0 spiro atoms. The van der Waals surface area contributed by atoms with Gasteiger partial charge in [0.25, 0.3) is 11.8 Å². The molecule has 2 aromatic carbocycles. The summed E-state index contributed by atoms with van der Waals surface area (Å²) in [7, 11) is 2.96. The van der Waals surface area contributed by atoms with E-state index < -0.39 is 11.8 Å². The first-order chi connectivity index (χ1) is 12.0. The van der Waals surface area contributed by atoms with E-state index in [4.69, 9.17) is 25.8 Å². The fourth-order valence-corrected chi connectivity index (χ4v) is 2.11. The van der Waals surface area contributed by atoms with Crippen LogP contribution in [-0.4, -0.2) is 32.6 Å². The summed E-state index contributed by atoms with van der Waals surface area (Å²) in [6, 6.07) is 11.4. The minimum absolute atomic E-state index is 0.296. The number of benzene rings is 2. The number of carbonyl (C=O) groups excluding carboxylic acids is 2. The molecule has 132 valence electrons. The van der Waals surface area contributed by atoms with Crippen LogP contribution in [0.1, 0.15) is 10.4 Å². The molecule has 7 nitrogen and oxygen atoms in total. The number of methoxy groups -OCH3 is 2. The van der Waals surface area contributed by atoms with Crippen molar-refractivity contribution in [2.75, 3.05) is 20.8 Å². The minimum atomic E-state index is -0.534. The van der Waals surface area contributed by atoms with Gasteiger partial charge in [0.2, 0.25) is 0 Å². The third-order valence-electron chi connectivity index (χ3n) is 3.16. The number of rotatable bonds is 6. The Morgan fingerprint density at radius 2 is 1.68 bits per heavy atom. The molecule has 2 aromatic rings. The molecule has 25 heavy (non-hydrogen) atoms. The van der Waals surface area contributed by atoms with Gasteiger partial charge in [-0.3, -0.25) is 20.4 Å². The minimum Gasteiger partial charge on any atom is -0.493 e. The lowest BCUT2D eigenvalue weighted by molar-refractivity contribution is -0.123. The molecule has 2 N–H and O–H groups in total. The monoisotopic (exact) mass is 364 g/mol. The van der Waals surface area contributed by atoms with Gasteiger partial charge in [0.05, 0.1) is 19.2 Å². The Kier molecular flexibility index (Phi) is 6.47. The second kappa shape index (κ2) is 8.79. The van der Waals surface area contributed by atoms with E-state index in [1.807, 2.05) is 0 Å². The second-order valence-corrected chi connectivity index (χ2v) is 5.20. The molecule has 0 aliphatic carbocycles. The van der Waals surface area contributed by atoms with Crippen LogP contribution in [0.15, 0.2) is 42.5 Å². The summed E-state index contributed by atoms with van der Waals surface area (Å²) in [4.78, 5) is 23.8. The van der Waals surface area contributed by atoms with E-state index in [0.29, 0.717) is 27.8 Å². The average Bonchev–Trinajstić information content (AvgIpc) is 2.64. The molecule has 0 radical (unpaired) electrons. The molecule has 0 aliphatic rings. The highest BCUT2D eigenvalue weighted by Gasteiger charge is 2.12. The number of hydrazine groups is 1. The van der Waals surface area contributed by atoms with Crippen molar-refractivity contribution >= 4 is 23.4 Å². The lowest BCUT2D eigenvalue weighted by Crippen LogP contribution is -2.43. The molecule has 0 saturated carbocycles. The number of para-hydroxylation sites is 1. The van der Waals surface area contributed by atoms with E-state index in [9.17, 15) is 9.59 Å². The normalized spacial score (nSPS) is 9.88. The van der Waals surface area contributed by atoms with Gasteiger partial charge in [-0.1, -0.05) is 23.7 Å². The SMILES string of the molecule is COc1ccc(C(=O)NNC(=O)COc2ccccc2Cl)cc1OC. The molecular weight excluding hydrogens is 348 g/mol. The predicted octanol–water partition coefficient (Wildman–Crippen LogP) is 2.20. The number of hydrogen-bond donors (Lipinski definition) is 2. The molecule has 0 aromatic heterocycles. The molecular formula is C17H17ClN2O5. The van der Waals surface area contributed by atoms with E-state index in [2.05, 4.69) is 10.9 Å². The molecule has 0 bridgehead atoms. The molecule has 0 unspecified atom stereocenters. The van der Waals surface area contributed by atoms with Crippen molar-refractivity contribution in [3.05, 3.63) is 53.1 Å². The van der Waals surface area contributed by atoms with Crippen molar-refractivity contribution < 1.29 is 23.8 Å². The summed E-state index contributed by atoms with van der Waals surface area (Å²) >= 11 is 5.92. The van der Waals surface area contributed by atoms with Crippen LogP contribution in [0.2, 0.25) is 5.02 Å². The summed E-state index contributed by atoms with van der Waals surface area (Å²) < 4.78 is 15.5. The average molecular weight is 365 g/mol. The standard InChI is InChI=1S/C17H17ClN2O5/c1-23-14-8-7-11(9-15(14)24-2)17(22)20-19-16(21)10-25-13-6-4-3-5-12(13)18/h3-9H,10H2,1-2H3,(H,19,21)(H,20,22). The summed E-state index contributed by atoms with van der Waals surface area (Å²) in [6.07, 6.45) is 0. The zero-order valence-electron chi connectivity index (χ0n) is 13.7. The van der Waals surface area contributed by atoms with Gasteiger partial charge in [-0.15, -0.1) is 0 Å². The maximum atomic E-state index is 12.1. The smallest absolute Gasteiger partial charge is 0.276 e. The van der Waals surface area contributed by atoms with Crippen molar-refractivity contribution in [3.8, 4) is 17.2 Å². The van der Waals surface area contributed by atoms with E-state index in [-0.39, 0.29) is 6.61 Å². The fourth-order valence-electron chi connectivity index (χ4n) is 1.92. The first-order valence-electron chi connectivity index (χ1n) is 7.23. The summed E-state index contributed by atoms with van der Waals surface area (Å²) in [5.74, 6) is 0.242. The van der Waals surface area contributed by atoms with Crippen molar-refractivity contribution in [1.82, 2.24) is 10.9 Å². The number of halogens is 1. The second-order valence-electron chi connectivity index (χ2n) is 4.79. The highest BCUT2D eigenvalue weighted by molar-refractivity contribution is 6.32. The van der Waals surface area contributed by atoms with Gasteiger partial charge in [-0.05, 0) is 30.3 Å². The van der Waals surface area contributed by atoms with E-state index in [1.165, 1.54) is 20.3 Å². The third kappa shape index (κ3) is 5.02. The number of amides is 2. The lowest BCUT2D eigenvalue weighted by atomic mass is 10.2. The van der Waals surface area contributed by atoms with Crippen molar-refractivity contribution in [2.24, 2.45) is 0 Å². The molecule has 0 aliphatic heterocycles. The summed E-state index contributed by atoms with van der Waals surface area (Å²) in [5, 5.41) is 0.393. The highest BCUT2D eigenvalue weighted by atomic mass is 35.5. The Morgan fingerprint density at radius 3 is 2.36 bits per heavy atom. The first-order valence-corrected chi connectivity index (χ1v) is 7.61. The van der Waals surface area contributed by atoms with Gasteiger partial charge in [0.1, 0.15) is 5.75 Å². The van der Waals surface area contributed by atoms with Crippen LogP contribution in [0.5, 0.6) is 17.2 Å².